The van der Waals surface area contributed by atoms with Gasteiger partial charge < -0.3 is 10.1 Å². The van der Waals surface area contributed by atoms with Crippen molar-refractivity contribution in [3.05, 3.63) is 11.1 Å². The zero-order chi connectivity index (χ0) is 29.6. The number of Topliss-reactive ketones (excluding diaryl/α,β-unsaturated/α-hetero) is 1. The summed E-state index contributed by atoms with van der Waals surface area (Å²) in [6.45, 7) is 19.7. The number of allylic oxidation sites excluding steroid dienone is 2. The van der Waals surface area contributed by atoms with E-state index in [0.717, 1.165) is 37.2 Å². The van der Waals surface area contributed by atoms with Crippen LogP contribution in [0.15, 0.2) is 11.1 Å². The van der Waals surface area contributed by atoms with Crippen LogP contribution in [0.3, 0.4) is 0 Å². The van der Waals surface area contributed by atoms with Gasteiger partial charge in [0.05, 0.1) is 0 Å². The van der Waals surface area contributed by atoms with Gasteiger partial charge in [0.25, 0.3) is 0 Å². The molecule has 4 nitrogen and oxygen atoms in total. The van der Waals surface area contributed by atoms with E-state index in [9.17, 15) is 9.59 Å². The Morgan fingerprint density at radius 3 is 2.24 bits per heavy atom. The van der Waals surface area contributed by atoms with E-state index in [2.05, 4.69) is 60.7 Å². The third-order valence-corrected chi connectivity index (χ3v) is 15.6. The molecule has 8 atom stereocenters. The highest BCUT2D eigenvalue weighted by Crippen LogP contribution is 2.76. The van der Waals surface area contributed by atoms with Gasteiger partial charge in [0.15, 0.2) is 5.78 Å². The van der Waals surface area contributed by atoms with Crippen LogP contribution in [0, 0.1) is 50.7 Å². The van der Waals surface area contributed by atoms with Gasteiger partial charge in [0.2, 0.25) is 0 Å². The summed E-state index contributed by atoms with van der Waals surface area (Å²) in [6.07, 6.45) is 12.3. The molecule has 0 aromatic rings. The summed E-state index contributed by atoms with van der Waals surface area (Å²) >= 11 is 1.96. The fraction of sp³-hybridized carbons (Fsp3) is 0.889. The van der Waals surface area contributed by atoms with E-state index in [1.165, 1.54) is 50.5 Å². The summed E-state index contributed by atoms with van der Waals surface area (Å²) in [7, 11) is 0. The quantitative estimate of drug-likeness (QED) is 0.360. The summed E-state index contributed by atoms with van der Waals surface area (Å²) in [5.74, 6) is 4.78. The Balaban J connectivity index is 1.26. The van der Waals surface area contributed by atoms with Gasteiger partial charge in [-0.05, 0) is 132 Å². The topological polar surface area (TPSA) is 55.4 Å². The van der Waals surface area contributed by atoms with Crippen LogP contribution in [0.25, 0.3) is 0 Å². The summed E-state index contributed by atoms with van der Waals surface area (Å²) in [5.41, 5.74) is 3.70. The minimum atomic E-state index is -0.192. The molecule has 0 radical (unpaired) electrons. The Bertz CT molecular complexity index is 1120. The van der Waals surface area contributed by atoms with Gasteiger partial charge in [-0.3, -0.25) is 4.79 Å². The molecule has 5 heteroatoms. The lowest BCUT2D eigenvalue weighted by Crippen LogP contribution is -2.66. The second kappa shape index (κ2) is 10.0. The first-order valence-electron chi connectivity index (χ1n) is 17.0. The molecule has 1 amide bonds. The van der Waals surface area contributed by atoms with Crippen LogP contribution < -0.4 is 5.32 Å². The Morgan fingerprint density at radius 2 is 1.56 bits per heavy atom. The fourth-order valence-corrected chi connectivity index (χ4v) is 13.3. The van der Waals surface area contributed by atoms with Crippen LogP contribution >= 0.6 is 11.8 Å². The van der Waals surface area contributed by atoms with Crippen molar-refractivity contribution in [3.63, 3.8) is 0 Å². The Labute approximate surface area is 254 Å². The third-order valence-electron chi connectivity index (χ3n) is 14.5. The number of nitrogens with one attached hydrogen (secondary N) is 1. The maximum atomic E-state index is 13.4. The smallest absolute Gasteiger partial charge is 0.407 e. The number of fused-ring (bicyclic) bond motifs is 7. The highest BCUT2D eigenvalue weighted by molar-refractivity contribution is 7.99. The van der Waals surface area contributed by atoms with Crippen LogP contribution in [-0.4, -0.2) is 35.5 Å². The van der Waals surface area contributed by atoms with Gasteiger partial charge in [0.1, 0.15) is 6.10 Å². The first kappa shape index (κ1) is 30.1. The van der Waals surface area contributed by atoms with E-state index in [-0.39, 0.29) is 45.3 Å². The molecule has 1 heterocycles. The highest BCUT2D eigenvalue weighted by atomic mass is 32.2. The summed E-state index contributed by atoms with van der Waals surface area (Å²) in [4.78, 5) is 26.4. The molecule has 0 spiro atoms. The van der Waals surface area contributed by atoms with Crippen molar-refractivity contribution in [1.82, 2.24) is 5.32 Å². The number of alkyl carbamates (subject to hydrolysis) is 1. The maximum absolute atomic E-state index is 13.4. The molecule has 5 aliphatic carbocycles. The number of carbonyl (C=O) groups excluding carboxylic acids is 2. The molecule has 0 bridgehead atoms. The van der Waals surface area contributed by atoms with Crippen LogP contribution in [0.1, 0.15) is 126 Å². The number of rotatable bonds is 3. The van der Waals surface area contributed by atoms with Crippen LogP contribution in [0.2, 0.25) is 0 Å². The molecule has 4 saturated carbocycles. The zero-order valence-corrected chi connectivity index (χ0v) is 28.1. The second-order valence-electron chi connectivity index (χ2n) is 17.0. The molecule has 1 saturated heterocycles. The van der Waals surface area contributed by atoms with Crippen molar-refractivity contribution in [2.45, 2.75) is 138 Å². The van der Waals surface area contributed by atoms with Gasteiger partial charge in [-0.25, -0.2) is 4.79 Å². The van der Waals surface area contributed by atoms with Crippen molar-refractivity contribution in [2.24, 2.45) is 50.7 Å². The number of carbonyl (C=O) groups is 2. The first-order chi connectivity index (χ1) is 19.2. The standard InChI is InChI=1S/C36H57NO3S/c1-22(2)29-25(38)21-33(5)17-18-35(7)24(30(29)33)9-10-27-34(6)15-12-28(32(3,4)26(34)11-16-36(27,35)8)37-31(39)40-23-13-19-41-20-14-23/h22-24,26-28H,9-21H2,1-8H3,(H,37,39)/t24-,26+,27-,28?,33+,34+,35-,36-/m1/s1. The second-order valence-corrected chi connectivity index (χ2v) is 18.3. The number of hydrogen-bond acceptors (Lipinski definition) is 4. The number of amides is 1. The summed E-state index contributed by atoms with van der Waals surface area (Å²) < 4.78 is 5.91. The minimum Gasteiger partial charge on any atom is -0.446 e. The van der Waals surface area contributed by atoms with Crippen molar-refractivity contribution in [2.75, 3.05) is 11.5 Å². The number of ether oxygens (including phenoxy) is 1. The van der Waals surface area contributed by atoms with Crippen molar-refractivity contribution in [3.8, 4) is 0 Å². The van der Waals surface area contributed by atoms with E-state index in [4.69, 9.17) is 4.74 Å². The lowest BCUT2D eigenvalue weighted by atomic mass is 9.33. The summed E-state index contributed by atoms with van der Waals surface area (Å²) in [5, 5.41) is 3.38. The largest absolute Gasteiger partial charge is 0.446 e. The molecule has 1 N–H and O–H groups in total. The number of ketones is 1. The van der Waals surface area contributed by atoms with Crippen LogP contribution in [0.4, 0.5) is 4.79 Å². The van der Waals surface area contributed by atoms with Gasteiger partial charge in [-0.15, -0.1) is 0 Å². The molecule has 5 fully saturated rings. The molecule has 6 rings (SSSR count). The van der Waals surface area contributed by atoms with Gasteiger partial charge in [0, 0.05) is 12.5 Å². The monoisotopic (exact) mass is 583 g/mol. The lowest BCUT2D eigenvalue weighted by Gasteiger charge is -2.72. The number of hydrogen-bond donors (Lipinski definition) is 1. The molecular weight excluding hydrogens is 526 g/mol. The van der Waals surface area contributed by atoms with E-state index in [0.29, 0.717) is 29.5 Å². The SMILES string of the molecule is CC(C)C1=C2[C@H]3CC[C@@H]4[C@@]5(C)CCC(NC(=O)OC6CCSCC6)C(C)(C)[C@@H]5CC[C@@]4(C)[C@]3(C)CC[C@@]2(C)CC1=O. The zero-order valence-electron chi connectivity index (χ0n) is 27.3. The third kappa shape index (κ3) is 4.34. The predicted molar refractivity (Wildman–Crippen MR) is 169 cm³/mol. The van der Waals surface area contributed by atoms with Gasteiger partial charge in [-0.1, -0.05) is 61.0 Å². The van der Waals surface area contributed by atoms with E-state index in [1.54, 1.807) is 5.57 Å². The molecule has 41 heavy (non-hydrogen) atoms. The van der Waals surface area contributed by atoms with Gasteiger partial charge in [-0.2, -0.15) is 11.8 Å². The molecule has 230 valence electrons. The Hall–Kier alpha value is -0.970. The van der Waals surface area contributed by atoms with E-state index >= 15 is 0 Å². The Kier molecular flexibility index (Phi) is 7.35. The average Bonchev–Trinajstić information content (AvgIpc) is 3.17. The molecular formula is C36H57NO3S. The van der Waals surface area contributed by atoms with Crippen molar-refractivity contribution < 1.29 is 14.3 Å². The van der Waals surface area contributed by atoms with Gasteiger partial charge >= 0.3 is 6.09 Å². The van der Waals surface area contributed by atoms with E-state index < -0.39 is 0 Å². The fourth-order valence-electron chi connectivity index (χ4n) is 12.3. The molecule has 0 aromatic carbocycles. The van der Waals surface area contributed by atoms with Crippen molar-refractivity contribution in [1.29, 1.82) is 0 Å². The summed E-state index contributed by atoms with van der Waals surface area (Å²) in [6, 6.07) is 0.168. The highest BCUT2D eigenvalue weighted by Gasteiger charge is 2.69. The normalized spacial score (nSPS) is 45.9. The molecule has 0 aromatic heterocycles. The maximum Gasteiger partial charge on any atom is 0.407 e. The molecule has 6 aliphatic rings. The van der Waals surface area contributed by atoms with E-state index in [1.807, 2.05) is 11.8 Å². The first-order valence-corrected chi connectivity index (χ1v) is 18.2. The Morgan fingerprint density at radius 1 is 0.854 bits per heavy atom. The minimum absolute atomic E-state index is 0.0316. The lowest BCUT2D eigenvalue weighted by molar-refractivity contribution is -0.215. The number of thioether (sulfide) groups is 1. The predicted octanol–water partition coefficient (Wildman–Crippen LogP) is 8.98. The molecule has 1 unspecified atom stereocenters. The van der Waals surface area contributed by atoms with Crippen LogP contribution in [0.5, 0.6) is 0 Å². The van der Waals surface area contributed by atoms with Crippen LogP contribution in [-0.2, 0) is 9.53 Å². The average molecular weight is 584 g/mol. The molecule has 1 aliphatic heterocycles. The van der Waals surface area contributed by atoms with Crippen molar-refractivity contribution >= 4 is 23.6 Å².